The van der Waals surface area contributed by atoms with Gasteiger partial charge in [-0.1, -0.05) is 11.3 Å². The quantitative estimate of drug-likeness (QED) is 0.810. The number of hydrogen-bond donors (Lipinski definition) is 2. The third-order valence-electron chi connectivity index (χ3n) is 3.61. The summed E-state index contributed by atoms with van der Waals surface area (Å²) in [6.07, 6.45) is 0. The lowest BCUT2D eigenvalue weighted by Crippen LogP contribution is -2.43. The molecule has 21 heavy (non-hydrogen) atoms. The number of anilines is 2. The van der Waals surface area contributed by atoms with Gasteiger partial charge in [0.25, 0.3) is 5.91 Å². The van der Waals surface area contributed by atoms with Crippen LogP contribution in [0, 0.1) is 0 Å². The summed E-state index contributed by atoms with van der Waals surface area (Å²) in [6, 6.07) is -0.00774. The number of likely N-dealkylation sites (N-methyl/N-ethyl adjacent to an activating group) is 1. The number of rotatable bonds is 5. The average molecular weight is 313 g/mol. The Balaban J connectivity index is 2.12. The second-order valence-electron chi connectivity index (χ2n) is 5.17. The van der Waals surface area contributed by atoms with Crippen molar-refractivity contribution >= 4 is 28.2 Å². The molecular weight excluding hydrogens is 290 g/mol. The summed E-state index contributed by atoms with van der Waals surface area (Å²) in [7, 11) is 3.38. The van der Waals surface area contributed by atoms with Crippen LogP contribution < -0.4 is 16.0 Å². The summed E-state index contributed by atoms with van der Waals surface area (Å²) in [5, 5.41) is 4.11. The van der Waals surface area contributed by atoms with E-state index in [-0.39, 0.29) is 11.9 Å². The fourth-order valence-corrected chi connectivity index (χ4v) is 3.20. The molecule has 0 aliphatic carbocycles. The summed E-state index contributed by atoms with van der Waals surface area (Å²) >= 11 is 1.37. The van der Waals surface area contributed by atoms with Gasteiger partial charge >= 0.3 is 0 Å². The Hall–Kier alpha value is -1.38. The molecule has 2 rings (SSSR count). The highest BCUT2D eigenvalue weighted by Gasteiger charge is 2.25. The van der Waals surface area contributed by atoms with E-state index in [2.05, 4.69) is 15.2 Å². The van der Waals surface area contributed by atoms with Crippen LogP contribution in [0.2, 0.25) is 0 Å². The fraction of sp³-hybridized carbons (Fsp3) is 0.692. The fourth-order valence-electron chi connectivity index (χ4n) is 2.18. The van der Waals surface area contributed by atoms with Crippen molar-refractivity contribution < 1.29 is 9.53 Å². The first-order valence-electron chi connectivity index (χ1n) is 7.02. The molecule has 7 nitrogen and oxygen atoms in total. The minimum atomic E-state index is -0.101. The van der Waals surface area contributed by atoms with Gasteiger partial charge in [-0.2, -0.15) is 0 Å². The van der Waals surface area contributed by atoms with Gasteiger partial charge in [0.2, 0.25) is 0 Å². The number of amides is 1. The zero-order valence-electron chi connectivity index (χ0n) is 12.8. The Morgan fingerprint density at radius 2 is 2.24 bits per heavy atom. The monoisotopic (exact) mass is 313 g/mol. The molecule has 2 heterocycles. The van der Waals surface area contributed by atoms with Crippen LogP contribution in [0.4, 0.5) is 10.9 Å². The van der Waals surface area contributed by atoms with E-state index in [0.29, 0.717) is 17.3 Å². The Labute approximate surface area is 129 Å². The van der Waals surface area contributed by atoms with E-state index < -0.39 is 0 Å². The van der Waals surface area contributed by atoms with Gasteiger partial charge in [0.15, 0.2) is 5.13 Å². The first kappa shape index (κ1) is 16.0. The highest BCUT2D eigenvalue weighted by molar-refractivity contribution is 7.18. The lowest BCUT2D eigenvalue weighted by atomic mass is 10.3. The molecule has 118 valence electrons. The van der Waals surface area contributed by atoms with E-state index in [0.717, 1.165) is 31.3 Å². The minimum absolute atomic E-state index is 0.00774. The second-order valence-corrected chi connectivity index (χ2v) is 6.15. The molecule has 0 saturated carbocycles. The second kappa shape index (κ2) is 7.06. The van der Waals surface area contributed by atoms with Crippen LogP contribution in [0.25, 0.3) is 0 Å². The molecular formula is C13H23N5O2S. The van der Waals surface area contributed by atoms with Crippen LogP contribution in [-0.2, 0) is 4.74 Å². The van der Waals surface area contributed by atoms with E-state index >= 15 is 0 Å². The van der Waals surface area contributed by atoms with E-state index in [9.17, 15) is 4.79 Å². The van der Waals surface area contributed by atoms with Crippen molar-refractivity contribution in [2.45, 2.75) is 13.0 Å². The number of ether oxygens (including phenoxy) is 1. The first-order valence-corrected chi connectivity index (χ1v) is 7.84. The normalized spacial score (nSPS) is 16.8. The molecule has 1 unspecified atom stereocenters. The molecule has 1 saturated heterocycles. The maximum atomic E-state index is 12.5. The summed E-state index contributed by atoms with van der Waals surface area (Å²) in [6.45, 7) is 6.05. The zero-order valence-corrected chi connectivity index (χ0v) is 13.6. The number of carbonyl (C=O) groups is 1. The summed E-state index contributed by atoms with van der Waals surface area (Å²) < 4.78 is 5.09. The SMILES string of the molecule is COCC(C)N(C)C(=O)c1sc(N2CCNCC2)nc1N. The average Bonchev–Trinajstić information content (AvgIpc) is 2.89. The molecule has 0 spiro atoms. The lowest BCUT2D eigenvalue weighted by molar-refractivity contribution is 0.0639. The summed E-state index contributed by atoms with van der Waals surface area (Å²) in [5.41, 5.74) is 5.94. The van der Waals surface area contributed by atoms with E-state index in [1.165, 1.54) is 11.3 Å². The van der Waals surface area contributed by atoms with Gasteiger partial charge in [-0.25, -0.2) is 4.98 Å². The number of nitrogens with one attached hydrogen (secondary N) is 1. The van der Waals surface area contributed by atoms with Gasteiger partial charge in [0.05, 0.1) is 12.6 Å². The topological polar surface area (TPSA) is 83.7 Å². The minimum Gasteiger partial charge on any atom is -0.383 e. The number of nitrogens with zero attached hydrogens (tertiary/aromatic N) is 3. The van der Waals surface area contributed by atoms with E-state index in [4.69, 9.17) is 10.5 Å². The molecule has 1 aliphatic heterocycles. The number of methoxy groups -OCH3 is 1. The van der Waals surface area contributed by atoms with Crippen molar-refractivity contribution in [3.63, 3.8) is 0 Å². The Morgan fingerprint density at radius 1 is 1.57 bits per heavy atom. The number of hydrogen-bond acceptors (Lipinski definition) is 7. The first-order chi connectivity index (χ1) is 10.0. The molecule has 0 radical (unpaired) electrons. The van der Waals surface area contributed by atoms with Gasteiger partial charge in [-0.15, -0.1) is 0 Å². The van der Waals surface area contributed by atoms with Crippen LogP contribution in [0.3, 0.4) is 0 Å². The van der Waals surface area contributed by atoms with Crippen LogP contribution in [0.15, 0.2) is 0 Å². The van der Waals surface area contributed by atoms with E-state index in [1.807, 2.05) is 6.92 Å². The molecule has 1 fully saturated rings. The van der Waals surface area contributed by atoms with E-state index in [1.54, 1.807) is 19.1 Å². The van der Waals surface area contributed by atoms with Crippen LogP contribution >= 0.6 is 11.3 Å². The molecule has 0 bridgehead atoms. The number of carbonyl (C=O) groups excluding carboxylic acids is 1. The number of nitrogens with two attached hydrogens (primary N) is 1. The third-order valence-corrected chi connectivity index (χ3v) is 4.73. The van der Waals surface area contributed by atoms with Crippen molar-refractivity contribution in [1.29, 1.82) is 0 Å². The smallest absolute Gasteiger partial charge is 0.267 e. The Kier molecular flexibility index (Phi) is 5.38. The Bertz CT molecular complexity index is 487. The van der Waals surface area contributed by atoms with Gasteiger partial charge in [-0.3, -0.25) is 4.79 Å². The van der Waals surface area contributed by atoms with Gasteiger partial charge < -0.3 is 25.6 Å². The predicted octanol–water partition coefficient (Wildman–Crippen LogP) is 0.242. The maximum Gasteiger partial charge on any atom is 0.267 e. The molecule has 1 aromatic heterocycles. The van der Waals surface area contributed by atoms with Crippen LogP contribution in [0.1, 0.15) is 16.6 Å². The van der Waals surface area contributed by atoms with Crippen molar-refractivity contribution in [3.8, 4) is 0 Å². The highest BCUT2D eigenvalue weighted by atomic mass is 32.1. The standard InChI is InChI=1S/C13H23N5O2S/c1-9(8-20-3)17(2)12(19)10-11(14)16-13(21-10)18-6-4-15-5-7-18/h9,15H,4-8,14H2,1-3H3. The molecule has 0 aromatic carbocycles. The maximum absolute atomic E-state index is 12.5. The molecule has 1 amide bonds. The van der Waals surface area contributed by atoms with Crippen LogP contribution in [0.5, 0.6) is 0 Å². The number of aromatic nitrogens is 1. The molecule has 1 atom stereocenters. The van der Waals surface area contributed by atoms with Crippen LogP contribution in [-0.4, -0.2) is 68.8 Å². The summed E-state index contributed by atoms with van der Waals surface area (Å²) in [5.74, 6) is 0.214. The number of nitrogen functional groups attached to an aromatic ring is 1. The zero-order chi connectivity index (χ0) is 15.4. The third kappa shape index (κ3) is 3.63. The van der Waals surface area contributed by atoms with Crippen molar-refractivity contribution in [1.82, 2.24) is 15.2 Å². The van der Waals surface area contributed by atoms with Gasteiger partial charge in [-0.05, 0) is 6.92 Å². The lowest BCUT2D eigenvalue weighted by Gasteiger charge is -2.26. The molecule has 1 aliphatic rings. The number of piperazine rings is 1. The highest BCUT2D eigenvalue weighted by Crippen LogP contribution is 2.29. The van der Waals surface area contributed by atoms with Crippen molar-refractivity contribution in [2.24, 2.45) is 0 Å². The largest absolute Gasteiger partial charge is 0.383 e. The summed E-state index contributed by atoms with van der Waals surface area (Å²) in [4.78, 5) is 21.2. The predicted molar refractivity (Wildman–Crippen MR) is 85.0 cm³/mol. The van der Waals surface area contributed by atoms with Crippen molar-refractivity contribution in [2.75, 3.05) is 57.6 Å². The van der Waals surface area contributed by atoms with Crippen molar-refractivity contribution in [3.05, 3.63) is 4.88 Å². The molecule has 1 aromatic rings. The van der Waals surface area contributed by atoms with Gasteiger partial charge in [0, 0.05) is 40.3 Å². The Morgan fingerprint density at radius 3 is 2.86 bits per heavy atom. The number of thiazole rings is 1. The molecule has 8 heteroatoms. The van der Waals surface area contributed by atoms with Gasteiger partial charge in [0.1, 0.15) is 10.7 Å². The molecule has 3 N–H and O–H groups in total.